The molecule has 0 aromatic heterocycles. The second-order valence-corrected chi connectivity index (χ2v) is 5.78. The summed E-state index contributed by atoms with van der Waals surface area (Å²) in [5, 5.41) is 17.9. The Kier molecular flexibility index (Phi) is 3.55. The number of carbonyl (C=O) groups is 1. The number of benzene rings is 1. The van der Waals surface area contributed by atoms with Gasteiger partial charge in [0.05, 0.1) is 11.9 Å². The Morgan fingerprint density at radius 1 is 1.35 bits per heavy atom. The van der Waals surface area contributed by atoms with Gasteiger partial charge in [-0.05, 0) is 24.1 Å². The van der Waals surface area contributed by atoms with Gasteiger partial charge >= 0.3 is 16.2 Å². The Bertz CT molecular complexity index is 653. The van der Waals surface area contributed by atoms with Crippen molar-refractivity contribution in [3.63, 3.8) is 0 Å². The van der Waals surface area contributed by atoms with E-state index in [0.29, 0.717) is 11.3 Å². The summed E-state index contributed by atoms with van der Waals surface area (Å²) in [5.74, 6) is -1.57. The average molecular weight is 299 g/mol. The fraction of sp³-hybridized carbons (Fsp3) is 0.182. The molecule has 1 aliphatic rings. The first kappa shape index (κ1) is 14.2. The molecule has 0 amide bonds. The molecule has 1 atom stereocenters. The number of anilines is 1. The van der Waals surface area contributed by atoms with Gasteiger partial charge in [0.2, 0.25) is 5.88 Å². The normalized spacial score (nSPS) is 18.2. The van der Waals surface area contributed by atoms with Gasteiger partial charge in [-0.1, -0.05) is 12.1 Å². The van der Waals surface area contributed by atoms with Crippen molar-refractivity contribution < 1.29 is 23.4 Å². The Hall–Kier alpha value is -2.26. The zero-order chi connectivity index (χ0) is 14.9. The lowest BCUT2D eigenvalue weighted by atomic mass is 10.1. The molecule has 9 heteroatoms. The highest BCUT2D eigenvalue weighted by Crippen LogP contribution is 2.23. The molecule has 1 aromatic rings. The van der Waals surface area contributed by atoms with Gasteiger partial charge in [0.1, 0.15) is 6.04 Å². The van der Waals surface area contributed by atoms with E-state index in [1.54, 1.807) is 12.1 Å². The minimum absolute atomic E-state index is 0.141. The number of rotatable bonds is 4. The summed E-state index contributed by atoms with van der Waals surface area (Å²) in [6, 6.07) is 5.14. The number of carboxylic acids is 1. The van der Waals surface area contributed by atoms with Gasteiger partial charge in [0.25, 0.3) is 0 Å². The number of nitrogens with two attached hydrogens (primary N) is 1. The number of aliphatic hydroxyl groups excluding tert-OH is 1. The Morgan fingerprint density at radius 3 is 2.40 bits per heavy atom. The van der Waals surface area contributed by atoms with Crippen LogP contribution in [0.4, 0.5) is 5.69 Å². The third kappa shape index (κ3) is 2.83. The Morgan fingerprint density at radius 2 is 1.95 bits per heavy atom. The largest absolute Gasteiger partial charge is 0.493 e. The molecule has 0 fully saturated rings. The fourth-order valence-corrected chi connectivity index (χ4v) is 2.77. The Labute approximate surface area is 115 Å². The quantitative estimate of drug-likeness (QED) is 0.600. The van der Waals surface area contributed by atoms with Gasteiger partial charge in [-0.25, -0.2) is 9.03 Å². The van der Waals surface area contributed by atoms with Crippen molar-refractivity contribution in [1.29, 1.82) is 0 Å². The molecule has 0 saturated heterocycles. The van der Waals surface area contributed by atoms with Crippen LogP contribution in [0, 0.1) is 0 Å². The van der Waals surface area contributed by atoms with Gasteiger partial charge < -0.3 is 15.9 Å². The van der Waals surface area contributed by atoms with Crippen molar-refractivity contribution in [2.75, 3.05) is 4.31 Å². The molecular weight excluding hydrogens is 286 g/mol. The smallest absolute Gasteiger partial charge is 0.330 e. The standard InChI is InChI=1S/C11H13N3O5S/c12-9(11(16)17)5-7-1-3-8(4-2-7)14-6-10(15)13-20(14,18)19/h1-4,6,9,13,15H,5,12H2,(H,16,17). The third-order valence-electron chi connectivity index (χ3n) is 2.70. The van der Waals surface area contributed by atoms with E-state index in [2.05, 4.69) is 0 Å². The van der Waals surface area contributed by atoms with Gasteiger partial charge in [-0.15, -0.1) is 0 Å². The van der Waals surface area contributed by atoms with Crippen molar-refractivity contribution in [3.05, 3.63) is 41.9 Å². The maximum Gasteiger partial charge on any atom is 0.330 e. The van der Waals surface area contributed by atoms with E-state index in [0.717, 1.165) is 10.5 Å². The van der Waals surface area contributed by atoms with E-state index in [9.17, 15) is 18.3 Å². The highest BCUT2D eigenvalue weighted by Gasteiger charge is 2.28. The predicted molar refractivity (Wildman–Crippen MR) is 71.0 cm³/mol. The van der Waals surface area contributed by atoms with Crippen molar-refractivity contribution in [2.45, 2.75) is 12.5 Å². The van der Waals surface area contributed by atoms with Crippen LogP contribution in [0.3, 0.4) is 0 Å². The summed E-state index contributed by atoms with van der Waals surface area (Å²) in [4.78, 5) is 10.6. The topological polar surface area (TPSA) is 133 Å². The van der Waals surface area contributed by atoms with E-state index >= 15 is 0 Å². The van der Waals surface area contributed by atoms with Crippen LogP contribution in [0.5, 0.6) is 0 Å². The fourth-order valence-electron chi connectivity index (χ4n) is 1.72. The number of aliphatic hydroxyl groups is 1. The van der Waals surface area contributed by atoms with E-state index in [4.69, 9.17) is 10.8 Å². The molecule has 1 aliphatic heterocycles. The molecular formula is C11H13N3O5S. The van der Waals surface area contributed by atoms with E-state index in [1.807, 2.05) is 4.72 Å². The van der Waals surface area contributed by atoms with Crippen LogP contribution in [-0.4, -0.2) is 30.6 Å². The first-order valence-electron chi connectivity index (χ1n) is 5.60. The molecule has 8 nitrogen and oxygen atoms in total. The van der Waals surface area contributed by atoms with Gasteiger partial charge in [-0.2, -0.15) is 8.42 Å². The Balaban J connectivity index is 2.19. The summed E-state index contributed by atoms with van der Waals surface area (Å²) in [6.45, 7) is 0. The van der Waals surface area contributed by atoms with Crippen LogP contribution < -0.4 is 14.8 Å². The molecule has 108 valence electrons. The molecule has 1 unspecified atom stereocenters. The number of aliphatic carboxylic acids is 1. The number of carboxylic acid groups (broad SMARTS) is 1. The minimum atomic E-state index is -3.82. The van der Waals surface area contributed by atoms with Crippen molar-refractivity contribution in [1.82, 2.24) is 4.72 Å². The number of hydrogen-bond donors (Lipinski definition) is 4. The van der Waals surface area contributed by atoms with Crippen LogP contribution in [0.2, 0.25) is 0 Å². The average Bonchev–Trinajstić information content (AvgIpc) is 2.63. The van der Waals surface area contributed by atoms with Crippen molar-refractivity contribution >= 4 is 21.9 Å². The summed E-state index contributed by atoms with van der Waals surface area (Å²) in [6.07, 6.45) is 1.18. The van der Waals surface area contributed by atoms with E-state index < -0.39 is 28.1 Å². The molecule has 0 saturated carbocycles. The van der Waals surface area contributed by atoms with E-state index in [1.165, 1.54) is 12.1 Å². The van der Waals surface area contributed by atoms with Crippen molar-refractivity contribution in [3.8, 4) is 0 Å². The molecule has 1 heterocycles. The predicted octanol–water partition coefficient (Wildman–Crippen LogP) is -0.348. The highest BCUT2D eigenvalue weighted by molar-refractivity contribution is 7.91. The lowest BCUT2D eigenvalue weighted by molar-refractivity contribution is -0.138. The minimum Gasteiger partial charge on any atom is -0.493 e. The van der Waals surface area contributed by atoms with Crippen LogP contribution >= 0.6 is 0 Å². The first-order valence-corrected chi connectivity index (χ1v) is 7.04. The van der Waals surface area contributed by atoms with Crippen LogP contribution in [0.15, 0.2) is 36.3 Å². The maximum absolute atomic E-state index is 11.6. The summed E-state index contributed by atoms with van der Waals surface area (Å²) in [5.41, 5.74) is 6.39. The molecule has 0 aliphatic carbocycles. The zero-order valence-electron chi connectivity index (χ0n) is 10.2. The number of hydrogen-bond acceptors (Lipinski definition) is 5. The molecule has 2 rings (SSSR count). The second-order valence-electron chi connectivity index (χ2n) is 4.23. The van der Waals surface area contributed by atoms with Gasteiger partial charge in [-0.3, -0.25) is 4.79 Å². The molecule has 1 aromatic carbocycles. The number of nitrogens with zero attached hydrogens (tertiary/aromatic N) is 1. The molecule has 0 radical (unpaired) electrons. The third-order valence-corrected chi connectivity index (χ3v) is 4.00. The van der Waals surface area contributed by atoms with Crippen LogP contribution in [-0.2, 0) is 21.4 Å². The molecule has 0 bridgehead atoms. The zero-order valence-corrected chi connectivity index (χ0v) is 11.0. The molecule has 5 N–H and O–H groups in total. The van der Waals surface area contributed by atoms with Crippen LogP contribution in [0.25, 0.3) is 0 Å². The maximum atomic E-state index is 11.6. The number of nitrogens with one attached hydrogen (secondary N) is 1. The lowest BCUT2D eigenvalue weighted by Crippen LogP contribution is -2.32. The first-order chi connectivity index (χ1) is 9.29. The van der Waals surface area contributed by atoms with Gasteiger partial charge in [0.15, 0.2) is 0 Å². The summed E-state index contributed by atoms with van der Waals surface area (Å²) >= 11 is 0. The molecule has 0 spiro atoms. The summed E-state index contributed by atoms with van der Waals surface area (Å²) < 4.78 is 26.1. The summed E-state index contributed by atoms with van der Waals surface area (Å²) in [7, 11) is -3.82. The SMILES string of the molecule is NC(Cc1ccc(N2C=C(O)NS2(=O)=O)cc1)C(=O)O. The van der Waals surface area contributed by atoms with E-state index in [-0.39, 0.29) is 6.42 Å². The molecule has 20 heavy (non-hydrogen) atoms. The van der Waals surface area contributed by atoms with Gasteiger partial charge in [0, 0.05) is 0 Å². The van der Waals surface area contributed by atoms with Crippen LogP contribution in [0.1, 0.15) is 5.56 Å². The monoisotopic (exact) mass is 299 g/mol. The lowest BCUT2D eigenvalue weighted by Gasteiger charge is -2.14. The second kappa shape index (κ2) is 5.02. The van der Waals surface area contributed by atoms with Crippen molar-refractivity contribution in [2.24, 2.45) is 5.73 Å². The highest BCUT2D eigenvalue weighted by atomic mass is 32.2.